The molecule has 7 nitrogen and oxygen atoms in total. The van der Waals surface area contributed by atoms with Crippen LogP contribution in [-0.4, -0.2) is 36.3 Å². The monoisotopic (exact) mass is 442 g/mol. The van der Waals surface area contributed by atoms with Gasteiger partial charge in [-0.2, -0.15) is 0 Å². The lowest BCUT2D eigenvalue weighted by Crippen LogP contribution is -2.53. The van der Waals surface area contributed by atoms with Gasteiger partial charge < -0.3 is 4.74 Å². The van der Waals surface area contributed by atoms with Gasteiger partial charge in [0.25, 0.3) is 5.91 Å². The van der Waals surface area contributed by atoms with Gasteiger partial charge in [-0.3, -0.25) is 24.6 Å². The minimum Gasteiger partial charge on any atom is -0.462 e. The summed E-state index contributed by atoms with van der Waals surface area (Å²) in [6.07, 6.45) is 1.07. The summed E-state index contributed by atoms with van der Waals surface area (Å²) in [5, 5.41) is 4.08. The molecule has 3 amide bonds. The van der Waals surface area contributed by atoms with Crippen LogP contribution in [0.4, 0.5) is 5.69 Å². The van der Waals surface area contributed by atoms with Crippen molar-refractivity contribution >= 4 is 40.2 Å². The minimum absolute atomic E-state index is 0.203. The van der Waals surface area contributed by atoms with Crippen molar-refractivity contribution in [1.29, 1.82) is 0 Å². The fourth-order valence-electron chi connectivity index (χ4n) is 4.70. The van der Waals surface area contributed by atoms with E-state index in [1.165, 1.54) is 4.90 Å². The smallest absolute Gasteiger partial charge is 0.338 e. The predicted octanol–water partition coefficient (Wildman–Crippen LogP) is 3.37. The SMILES string of the molecule is CCOC(=O)c1cccc(Cc2ccc3c4c(cccc24)N(C2CCC(=O)NC2=O)C3=O)c1. The summed E-state index contributed by atoms with van der Waals surface area (Å²) in [6.45, 7) is 2.09. The van der Waals surface area contributed by atoms with E-state index in [2.05, 4.69) is 5.32 Å². The molecule has 0 radical (unpaired) electrons. The number of rotatable bonds is 5. The van der Waals surface area contributed by atoms with Gasteiger partial charge in [0.1, 0.15) is 6.04 Å². The van der Waals surface area contributed by atoms with Crippen molar-refractivity contribution in [2.75, 3.05) is 11.5 Å². The molecule has 1 saturated heterocycles. The fourth-order valence-corrected chi connectivity index (χ4v) is 4.70. The van der Waals surface area contributed by atoms with Crippen LogP contribution in [-0.2, 0) is 20.7 Å². The van der Waals surface area contributed by atoms with E-state index in [0.717, 1.165) is 21.9 Å². The zero-order chi connectivity index (χ0) is 23.1. The van der Waals surface area contributed by atoms with E-state index in [9.17, 15) is 19.2 Å². The van der Waals surface area contributed by atoms with Gasteiger partial charge >= 0.3 is 5.97 Å². The van der Waals surface area contributed by atoms with E-state index in [1.54, 1.807) is 19.1 Å². The van der Waals surface area contributed by atoms with Crippen LogP contribution in [0.1, 0.15) is 51.6 Å². The molecule has 1 unspecified atom stereocenters. The molecule has 2 aliphatic rings. The van der Waals surface area contributed by atoms with Crippen LogP contribution in [0.5, 0.6) is 0 Å². The van der Waals surface area contributed by atoms with Crippen LogP contribution < -0.4 is 10.2 Å². The molecule has 3 aromatic carbocycles. The zero-order valence-corrected chi connectivity index (χ0v) is 18.1. The first-order chi connectivity index (χ1) is 16.0. The van der Waals surface area contributed by atoms with E-state index >= 15 is 0 Å². The van der Waals surface area contributed by atoms with Crippen LogP contribution >= 0.6 is 0 Å². The van der Waals surface area contributed by atoms with Crippen molar-refractivity contribution in [2.24, 2.45) is 0 Å². The Bertz CT molecular complexity index is 1330. The quantitative estimate of drug-likeness (QED) is 0.483. The van der Waals surface area contributed by atoms with Gasteiger partial charge in [-0.05, 0) is 60.5 Å². The molecule has 0 aliphatic carbocycles. The van der Waals surface area contributed by atoms with Gasteiger partial charge in [-0.1, -0.05) is 30.3 Å². The number of ether oxygens (including phenoxy) is 1. The van der Waals surface area contributed by atoms with Gasteiger partial charge in [0.15, 0.2) is 0 Å². The molecule has 3 aromatic rings. The Labute approximate surface area is 190 Å². The Morgan fingerprint density at radius 1 is 1.09 bits per heavy atom. The van der Waals surface area contributed by atoms with Crippen molar-refractivity contribution < 1.29 is 23.9 Å². The zero-order valence-electron chi connectivity index (χ0n) is 18.1. The number of benzene rings is 3. The molecule has 0 spiro atoms. The number of anilines is 1. The summed E-state index contributed by atoms with van der Waals surface area (Å²) in [5.74, 6) is -1.34. The molecule has 7 heteroatoms. The van der Waals surface area contributed by atoms with Gasteiger partial charge in [-0.15, -0.1) is 0 Å². The number of carbonyl (C=O) groups is 4. The number of piperidine rings is 1. The molecular formula is C26H22N2O5. The molecule has 1 N–H and O–H groups in total. The highest BCUT2D eigenvalue weighted by Gasteiger charge is 2.40. The first kappa shape index (κ1) is 20.9. The number of esters is 1. The van der Waals surface area contributed by atoms with Crippen molar-refractivity contribution in [1.82, 2.24) is 5.32 Å². The summed E-state index contributed by atoms with van der Waals surface area (Å²) >= 11 is 0. The standard InChI is InChI=1S/C26H22N2O5/c1-2-33-26(32)17-6-3-5-15(14-17)13-16-9-10-19-23-18(16)7-4-8-20(23)28(25(19)31)21-11-12-22(29)27-24(21)30/h3-10,14,21H,2,11-13H2,1H3,(H,27,29,30). The van der Waals surface area contributed by atoms with Crippen molar-refractivity contribution in [3.63, 3.8) is 0 Å². The van der Waals surface area contributed by atoms with E-state index in [1.807, 2.05) is 42.5 Å². The third-order valence-corrected chi connectivity index (χ3v) is 6.17. The second kappa shape index (κ2) is 8.16. The molecule has 166 valence electrons. The predicted molar refractivity (Wildman–Crippen MR) is 122 cm³/mol. The lowest BCUT2D eigenvalue weighted by atomic mass is 9.95. The van der Waals surface area contributed by atoms with E-state index in [0.29, 0.717) is 36.3 Å². The number of nitrogens with one attached hydrogen (secondary N) is 1. The molecule has 5 rings (SSSR count). The third kappa shape index (κ3) is 3.55. The molecule has 0 saturated carbocycles. The Kier molecular flexibility index (Phi) is 5.17. The highest BCUT2D eigenvalue weighted by atomic mass is 16.5. The third-order valence-electron chi connectivity index (χ3n) is 6.17. The molecule has 1 atom stereocenters. The summed E-state index contributed by atoms with van der Waals surface area (Å²) in [7, 11) is 0. The van der Waals surface area contributed by atoms with E-state index in [4.69, 9.17) is 4.74 Å². The number of hydrogen-bond acceptors (Lipinski definition) is 5. The van der Waals surface area contributed by atoms with Crippen molar-refractivity contribution in [2.45, 2.75) is 32.2 Å². The highest BCUT2D eigenvalue weighted by molar-refractivity contribution is 6.27. The highest BCUT2D eigenvalue weighted by Crippen LogP contribution is 2.41. The normalized spacial score (nSPS) is 17.4. The maximum absolute atomic E-state index is 13.3. The summed E-state index contributed by atoms with van der Waals surface area (Å²) in [4.78, 5) is 51.0. The van der Waals surface area contributed by atoms with Crippen LogP contribution in [0, 0.1) is 0 Å². The number of carbonyl (C=O) groups excluding carboxylic acids is 4. The minimum atomic E-state index is -0.710. The average molecular weight is 442 g/mol. The second-order valence-electron chi connectivity index (χ2n) is 8.21. The molecular weight excluding hydrogens is 420 g/mol. The van der Waals surface area contributed by atoms with Crippen molar-refractivity contribution in [3.05, 3.63) is 76.9 Å². The largest absolute Gasteiger partial charge is 0.462 e. The fraction of sp³-hybridized carbons (Fsp3) is 0.231. The van der Waals surface area contributed by atoms with E-state index in [-0.39, 0.29) is 24.2 Å². The number of imide groups is 1. The Hall–Kier alpha value is -4.00. The summed E-state index contributed by atoms with van der Waals surface area (Å²) in [5.41, 5.74) is 3.69. The van der Waals surface area contributed by atoms with Crippen LogP contribution in [0.25, 0.3) is 10.8 Å². The first-order valence-electron chi connectivity index (χ1n) is 11.0. The lowest BCUT2D eigenvalue weighted by molar-refractivity contribution is -0.134. The first-order valence-corrected chi connectivity index (χ1v) is 11.0. The summed E-state index contributed by atoms with van der Waals surface area (Å²) < 4.78 is 5.10. The Morgan fingerprint density at radius 3 is 2.70 bits per heavy atom. The van der Waals surface area contributed by atoms with Gasteiger partial charge in [0, 0.05) is 17.4 Å². The van der Waals surface area contributed by atoms with Crippen LogP contribution in [0.2, 0.25) is 0 Å². The number of hydrogen-bond donors (Lipinski definition) is 1. The molecule has 0 aromatic heterocycles. The van der Waals surface area contributed by atoms with E-state index < -0.39 is 11.9 Å². The van der Waals surface area contributed by atoms with Gasteiger partial charge in [0.2, 0.25) is 11.8 Å². The molecule has 33 heavy (non-hydrogen) atoms. The maximum Gasteiger partial charge on any atom is 0.338 e. The molecule has 0 bridgehead atoms. The number of amides is 3. The maximum atomic E-state index is 13.3. The molecule has 2 aliphatic heterocycles. The van der Waals surface area contributed by atoms with Crippen molar-refractivity contribution in [3.8, 4) is 0 Å². The lowest BCUT2D eigenvalue weighted by Gasteiger charge is -2.30. The summed E-state index contributed by atoms with van der Waals surface area (Å²) in [6, 6.07) is 16.0. The topological polar surface area (TPSA) is 92.8 Å². The Morgan fingerprint density at radius 2 is 1.91 bits per heavy atom. The average Bonchev–Trinajstić information content (AvgIpc) is 3.09. The number of nitrogens with zero attached hydrogens (tertiary/aromatic N) is 1. The molecule has 2 heterocycles. The second-order valence-corrected chi connectivity index (χ2v) is 8.21. The van der Waals surface area contributed by atoms with Crippen LogP contribution in [0.3, 0.4) is 0 Å². The molecule has 1 fully saturated rings. The van der Waals surface area contributed by atoms with Gasteiger partial charge in [-0.25, -0.2) is 4.79 Å². The van der Waals surface area contributed by atoms with Crippen LogP contribution in [0.15, 0.2) is 54.6 Å². The van der Waals surface area contributed by atoms with Gasteiger partial charge in [0.05, 0.1) is 17.9 Å². The Balaban J connectivity index is 1.52.